The lowest BCUT2D eigenvalue weighted by molar-refractivity contribution is -0.119. The van der Waals surface area contributed by atoms with E-state index in [1.54, 1.807) is 6.92 Å². The molecule has 1 saturated heterocycles. The van der Waals surface area contributed by atoms with Crippen LogP contribution in [0.3, 0.4) is 0 Å². The Balaban J connectivity index is 0.00000168. The van der Waals surface area contributed by atoms with Crippen LogP contribution in [0.4, 0.5) is 0 Å². The van der Waals surface area contributed by atoms with Gasteiger partial charge in [0.2, 0.25) is 5.91 Å². The molecule has 3 fully saturated rings. The van der Waals surface area contributed by atoms with Gasteiger partial charge in [-0.3, -0.25) is 4.79 Å². The molecule has 25 heavy (non-hydrogen) atoms. The average Bonchev–Trinajstić information content (AvgIpc) is 3.31. The molecule has 4 atom stereocenters. The molecule has 1 aromatic rings. The maximum absolute atomic E-state index is 11.7. The molecule has 3 aliphatic carbocycles. The summed E-state index contributed by atoms with van der Waals surface area (Å²) in [6.07, 6.45) is 9.54. The summed E-state index contributed by atoms with van der Waals surface area (Å²) in [5.41, 5.74) is 3.17. The Bertz CT molecular complexity index is 682. The van der Waals surface area contributed by atoms with E-state index in [0.717, 1.165) is 24.3 Å². The number of amides is 1. The quantitative estimate of drug-likeness (QED) is 0.881. The van der Waals surface area contributed by atoms with E-state index in [1.165, 1.54) is 62.7 Å². The fourth-order valence-corrected chi connectivity index (χ4v) is 6.68. The summed E-state index contributed by atoms with van der Waals surface area (Å²) in [6.45, 7) is 4.13. The van der Waals surface area contributed by atoms with Gasteiger partial charge in [0.25, 0.3) is 0 Å². The molecule has 1 amide bonds. The first-order valence-corrected chi connectivity index (χ1v) is 10.3. The SMILES string of the molecule is CC(=O)N[C@@H]1CC2(CCN([C@H]3C[C@@H]4CC[C@H]3C4)CC2)c2ccccc21.[HH]. The second-order valence-corrected chi connectivity index (χ2v) is 9.10. The van der Waals surface area contributed by atoms with Crippen molar-refractivity contribution in [1.29, 1.82) is 0 Å². The zero-order valence-electron chi connectivity index (χ0n) is 15.3. The van der Waals surface area contributed by atoms with E-state index in [-0.39, 0.29) is 18.8 Å². The van der Waals surface area contributed by atoms with Gasteiger partial charge in [-0.15, -0.1) is 0 Å². The molecule has 0 radical (unpaired) electrons. The summed E-state index contributed by atoms with van der Waals surface area (Å²) in [7, 11) is 0. The predicted molar refractivity (Wildman–Crippen MR) is 101 cm³/mol. The van der Waals surface area contributed by atoms with Crippen molar-refractivity contribution in [3.8, 4) is 0 Å². The molecule has 2 bridgehead atoms. The fourth-order valence-electron chi connectivity index (χ4n) is 6.68. The van der Waals surface area contributed by atoms with Crippen LogP contribution in [0.2, 0.25) is 0 Å². The lowest BCUT2D eigenvalue weighted by Crippen LogP contribution is -2.48. The minimum atomic E-state index is 0. The van der Waals surface area contributed by atoms with Crippen molar-refractivity contribution in [2.45, 2.75) is 69.4 Å². The van der Waals surface area contributed by atoms with E-state index in [9.17, 15) is 4.79 Å². The van der Waals surface area contributed by atoms with Crippen molar-refractivity contribution in [2.75, 3.05) is 13.1 Å². The van der Waals surface area contributed by atoms with Crippen molar-refractivity contribution in [3.05, 3.63) is 35.4 Å². The molecular weight excluding hydrogens is 308 g/mol. The molecule has 2 saturated carbocycles. The number of hydrogen-bond acceptors (Lipinski definition) is 2. The van der Waals surface area contributed by atoms with Gasteiger partial charge in [0.1, 0.15) is 0 Å². The number of rotatable bonds is 2. The Morgan fingerprint density at radius 1 is 1.20 bits per heavy atom. The normalized spacial score (nSPS) is 35.9. The Kier molecular flexibility index (Phi) is 3.70. The maximum atomic E-state index is 11.7. The molecule has 5 rings (SSSR count). The van der Waals surface area contributed by atoms with Crippen LogP contribution in [0.1, 0.15) is 70.5 Å². The molecular formula is C22H32N2O. The summed E-state index contributed by atoms with van der Waals surface area (Å²) in [5, 5.41) is 3.21. The minimum absolute atomic E-state index is 0. The average molecular weight is 341 g/mol. The second-order valence-electron chi connectivity index (χ2n) is 9.10. The van der Waals surface area contributed by atoms with Crippen molar-refractivity contribution in [3.63, 3.8) is 0 Å². The molecule has 136 valence electrons. The topological polar surface area (TPSA) is 32.3 Å². The Hall–Kier alpha value is -1.35. The molecule has 1 N–H and O–H groups in total. The highest BCUT2D eigenvalue weighted by molar-refractivity contribution is 5.73. The van der Waals surface area contributed by atoms with E-state index in [4.69, 9.17) is 0 Å². The van der Waals surface area contributed by atoms with Crippen molar-refractivity contribution < 1.29 is 6.22 Å². The van der Waals surface area contributed by atoms with Gasteiger partial charge in [-0.1, -0.05) is 30.7 Å². The van der Waals surface area contributed by atoms with E-state index in [1.807, 2.05) is 0 Å². The van der Waals surface area contributed by atoms with Crippen molar-refractivity contribution in [1.82, 2.24) is 10.2 Å². The highest BCUT2D eigenvalue weighted by Crippen LogP contribution is 2.53. The summed E-state index contributed by atoms with van der Waals surface area (Å²) in [4.78, 5) is 14.5. The lowest BCUT2D eigenvalue weighted by atomic mass is 9.73. The number of carbonyl (C=O) groups is 1. The Morgan fingerprint density at radius 3 is 2.68 bits per heavy atom. The molecule has 3 nitrogen and oxygen atoms in total. The predicted octanol–water partition coefficient (Wildman–Crippen LogP) is 4.04. The first kappa shape index (κ1) is 15.9. The van der Waals surface area contributed by atoms with Gasteiger partial charge in [-0.05, 0) is 74.6 Å². The number of likely N-dealkylation sites (tertiary alicyclic amines) is 1. The number of piperidine rings is 1. The van der Waals surface area contributed by atoms with Gasteiger partial charge in [-0.2, -0.15) is 0 Å². The lowest BCUT2D eigenvalue weighted by Gasteiger charge is -2.44. The number of nitrogens with one attached hydrogen (secondary N) is 1. The smallest absolute Gasteiger partial charge is 0.217 e. The standard InChI is InChI=1S/C22H30N2O.H2/c1-15(25)23-20-14-22(19-5-3-2-4-18(19)20)8-10-24(11-9-22)21-13-16-6-7-17(21)12-16;/h2-5,16-17,20-21H,6-14H2,1H3,(H,23,25);1H/t16-,17+,20-,21+;/m1./s1. The highest BCUT2D eigenvalue weighted by Gasteiger charge is 2.48. The first-order chi connectivity index (χ1) is 12.1. The molecule has 0 aromatic heterocycles. The van der Waals surface area contributed by atoms with E-state index < -0.39 is 0 Å². The molecule has 4 aliphatic rings. The van der Waals surface area contributed by atoms with Crippen molar-refractivity contribution in [2.24, 2.45) is 11.8 Å². The monoisotopic (exact) mass is 340 g/mol. The van der Waals surface area contributed by atoms with E-state index in [2.05, 4.69) is 34.5 Å². The summed E-state index contributed by atoms with van der Waals surface area (Å²) < 4.78 is 0. The summed E-state index contributed by atoms with van der Waals surface area (Å²) in [6, 6.07) is 9.94. The van der Waals surface area contributed by atoms with Gasteiger partial charge in [0.05, 0.1) is 6.04 Å². The Labute approximate surface area is 152 Å². The zero-order valence-corrected chi connectivity index (χ0v) is 15.3. The largest absolute Gasteiger partial charge is 0.349 e. The van der Waals surface area contributed by atoms with Gasteiger partial charge < -0.3 is 10.2 Å². The van der Waals surface area contributed by atoms with Crippen LogP contribution in [0.15, 0.2) is 24.3 Å². The fraction of sp³-hybridized carbons (Fsp3) is 0.682. The Morgan fingerprint density at radius 2 is 2.00 bits per heavy atom. The van der Waals surface area contributed by atoms with Gasteiger partial charge in [0, 0.05) is 19.8 Å². The van der Waals surface area contributed by atoms with Crippen molar-refractivity contribution >= 4 is 5.91 Å². The summed E-state index contributed by atoms with van der Waals surface area (Å²) in [5.74, 6) is 2.11. The third-order valence-corrected chi connectivity index (χ3v) is 7.80. The van der Waals surface area contributed by atoms with Gasteiger partial charge in [-0.25, -0.2) is 0 Å². The molecule has 1 aromatic carbocycles. The van der Waals surface area contributed by atoms with Crippen LogP contribution in [-0.2, 0) is 10.2 Å². The first-order valence-electron chi connectivity index (χ1n) is 10.3. The maximum Gasteiger partial charge on any atom is 0.217 e. The number of benzene rings is 1. The van der Waals surface area contributed by atoms with Crippen LogP contribution in [0.5, 0.6) is 0 Å². The number of fused-ring (bicyclic) bond motifs is 4. The van der Waals surface area contributed by atoms with Crippen LogP contribution >= 0.6 is 0 Å². The number of hydrogen-bond donors (Lipinski definition) is 1. The third kappa shape index (κ3) is 2.54. The third-order valence-electron chi connectivity index (χ3n) is 7.80. The van der Waals surface area contributed by atoms with Crippen LogP contribution in [0, 0.1) is 11.8 Å². The zero-order chi connectivity index (χ0) is 17.0. The molecule has 1 spiro atoms. The molecule has 0 unspecified atom stereocenters. The van der Waals surface area contributed by atoms with Crippen LogP contribution in [-0.4, -0.2) is 29.9 Å². The summed E-state index contributed by atoms with van der Waals surface area (Å²) >= 11 is 0. The van der Waals surface area contributed by atoms with E-state index >= 15 is 0 Å². The van der Waals surface area contributed by atoms with Gasteiger partial charge in [0.15, 0.2) is 0 Å². The molecule has 1 heterocycles. The minimum Gasteiger partial charge on any atom is -0.349 e. The number of carbonyl (C=O) groups excluding carboxylic acids is 1. The van der Waals surface area contributed by atoms with Crippen LogP contribution in [0.25, 0.3) is 0 Å². The number of nitrogens with zero attached hydrogens (tertiary/aromatic N) is 1. The second kappa shape index (κ2) is 5.84. The van der Waals surface area contributed by atoms with E-state index in [0.29, 0.717) is 0 Å². The molecule has 1 aliphatic heterocycles. The highest BCUT2D eigenvalue weighted by atomic mass is 16.1. The van der Waals surface area contributed by atoms with Crippen LogP contribution < -0.4 is 5.32 Å². The van der Waals surface area contributed by atoms with Gasteiger partial charge >= 0.3 is 0 Å². The molecule has 3 heteroatoms.